The molecular formula is C27H30N2O2. The van der Waals surface area contributed by atoms with Gasteiger partial charge in [-0.05, 0) is 65.9 Å². The summed E-state index contributed by atoms with van der Waals surface area (Å²) in [6.45, 7) is 2.64. The van der Waals surface area contributed by atoms with Crippen LogP contribution in [0.4, 0.5) is 0 Å². The van der Waals surface area contributed by atoms with Gasteiger partial charge in [-0.2, -0.15) is 0 Å². The number of nitrogens with one attached hydrogen (secondary N) is 2. The van der Waals surface area contributed by atoms with Crippen molar-refractivity contribution in [2.24, 2.45) is 0 Å². The number of ether oxygens (including phenoxy) is 2. The van der Waals surface area contributed by atoms with Gasteiger partial charge in [0, 0.05) is 30.6 Å². The van der Waals surface area contributed by atoms with Crippen molar-refractivity contribution in [1.82, 2.24) is 10.6 Å². The molecule has 1 fully saturated rings. The molecule has 3 aromatic rings. The van der Waals surface area contributed by atoms with E-state index in [4.69, 9.17) is 9.47 Å². The second kappa shape index (κ2) is 9.13. The Kier molecular flexibility index (Phi) is 5.92. The second-order valence-electron chi connectivity index (χ2n) is 8.43. The average molecular weight is 415 g/mol. The van der Waals surface area contributed by atoms with Crippen molar-refractivity contribution in [1.29, 1.82) is 0 Å². The molecule has 31 heavy (non-hydrogen) atoms. The summed E-state index contributed by atoms with van der Waals surface area (Å²) in [5, 5.41) is 7.57. The third kappa shape index (κ3) is 4.32. The van der Waals surface area contributed by atoms with Crippen LogP contribution in [0, 0.1) is 0 Å². The maximum atomic E-state index is 6.04. The van der Waals surface area contributed by atoms with E-state index in [1.807, 2.05) is 12.1 Å². The first-order chi connectivity index (χ1) is 15.3. The van der Waals surface area contributed by atoms with Crippen LogP contribution in [0.5, 0.6) is 11.5 Å². The highest BCUT2D eigenvalue weighted by molar-refractivity contribution is 5.69. The lowest BCUT2D eigenvalue weighted by Crippen LogP contribution is -2.45. The summed E-state index contributed by atoms with van der Waals surface area (Å²) >= 11 is 0. The fraction of sp³-hybridized carbons (Fsp3) is 0.333. The van der Waals surface area contributed by atoms with Crippen molar-refractivity contribution >= 4 is 0 Å². The van der Waals surface area contributed by atoms with Crippen molar-refractivity contribution in [2.45, 2.75) is 37.9 Å². The Morgan fingerprint density at radius 2 is 1.94 bits per heavy atom. The van der Waals surface area contributed by atoms with Gasteiger partial charge in [0.2, 0.25) is 0 Å². The van der Waals surface area contributed by atoms with Gasteiger partial charge in [-0.25, -0.2) is 0 Å². The van der Waals surface area contributed by atoms with Gasteiger partial charge in [0.05, 0.1) is 13.7 Å². The summed E-state index contributed by atoms with van der Waals surface area (Å²) in [4.78, 5) is 0. The fourth-order valence-corrected chi connectivity index (χ4v) is 4.85. The third-order valence-electron chi connectivity index (χ3n) is 6.44. The smallest absolute Gasteiger partial charge is 0.127 e. The Bertz CT molecular complexity index is 1030. The lowest BCUT2D eigenvalue weighted by atomic mass is 9.92. The number of methoxy groups -OCH3 is 1. The number of fused-ring (bicyclic) bond motifs is 1. The lowest BCUT2D eigenvalue weighted by Gasteiger charge is -2.34. The third-order valence-corrected chi connectivity index (χ3v) is 6.44. The minimum atomic E-state index is 0.338. The van der Waals surface area contributed by atoms with Gasteiger partial charge in [0.15, 0.2) is 0 Å². The van der Waals surface area contributed by atoms with Gasteiger partial charge in [-0.15, -0.1) is 0 Å². The minimum Gasteiger partial charge on any atom is -0.497 e. The predicted molar refractivity (Wildman–Crippen MR) is 125 cm³/mol. The first-order valence-corrected chi connectivity index (χ1v) is 11.3. The van der Waals surface area contributed by atoms with Gasteiger partial charge in [-0.1, -0.05) is 42.5 Å². The molecule has 0 aliphatic carbocycles. The number of benzene rings is 3. The number of hydrogen-bond acceptors (Lipinski definition) is 4. The first kappa shape index (κ1) is 20.1. The lowest BCUT2D eigenvalue weighted by molar-refractivity contribution is 0.301. The first-order valence-electron chi connectivity index (χ1n) is 11.3. The van der Waals surface area contributed by atoms with Crippen LogP contribution in [-0.4, -0.2) is 26.3 Å². The largest absolute Gasteiger partial charge is 0.497 e. The maximum absolute atomic E-state index is 6.04. The van der Waals surface area contributed by atoms with E-state index in [0.29, 0.717) is 12.1 Å². The molecule has 0 amide bonds. The Hall–Kier alpha value is -2.82. The standard InChI is InChI=1S/C27H30N2O2/c1-30-24-10-5-9-20(17-24)22-15-21-12-14-31-27(21)23(16-22)18-29-25-11-6-13-28-26(25)19-7-3-2-4-8-19/h2-5,7-10,15-17,25-26,28-29H,6,11-14,18H2,1H3/t25-,26-/m1/s1. The topological polar surface area (TPSA) is 42.5 Å². The maximum Gasteiger partial charge on any atom is 0.127 e. The average Bonchev–Trinajstić information content (AvgIpc) is 3.32. The van der Waals surface area contributed by atoms with Crippen LogP contribution in [0.1, 0.15) is 35.6 Å². The Morgan fingerprint density at radius 1 is 1.03 bits per heavy atom. The highest BCUT2D eigenvalue weighted by atomic mass is 16.5. The highest BCUT2D eigenvalue weighted by Gasteiger charge is 2.26. The van der Waals surface area contributed by atoms with Gasteiger partial charge in [0.25, 0.3) is 0 Å². The SMILES string of the molecule is COc1cccc(-c2cc3c(c(CN[C@@H]4CCCN[C@@H]4c4ccccc4)c2)OCC3)c1. The molecule has 4 nitrogen and oxygen atoms in total. The second-order valence-corrected chi connectivity index (χ2v) is 8.43. The summed E-state index contributed by atoms with van der Waals surface area (Å²) in [5.74, 6) is 1.95. The van der Waals surface area contributed by atoms with Crippen LogP contribution in [0.3, 0.4) is 0 Å². The van der Waals surface area contributed by atoms with Crippen LogP contribution in [0.2, 0.25) is 0 Å². The van der Waals surface area contributed by atoms with E-state index < -0.39 is 0 Å². The van der Waals surface area contributed by atoms with Crippen molar-refractivity contribution in [2.75, 3.05) is 20.3 Å². The van der Waals surface area contributed by atoms with Crippen molar-refractivity contribution < 1.29 is 9.47 Å². The Balaban J connectivity index is 1.40. The molecule has 2 heterocycles. The van der Waals surface area contributed by atoms with Gasteiger partial charge >= 0.3 is 0 Å². The molecular weight excluding hydrogens is 384 g/mol. The quantitative estimate of drug-likeness (QED) is 0.603. The molecule has 2 aliphatic heterocycles. The summed E-state index contributed by atoms with van der Waals surface area (Å²) in [6, 6.07) is 24.4. The monoisotopic (exact) mass is 414 g/mol. The van der Waals surface area contributed by atoms with E-state index in [-0.39, 0.29) is 0 Å². The highest BCUT2D eigenvalue weighted by Crippen LogP contribution is 2.36. The predicted octanol–water partition coefficient (Wildman–Crippen LogP) is 4.88. The summed E-state index contributed by atoms with van der Waals surface area (Å²) in [6.07, 6.45) is 3.34. The van der Waals surface area contributed by atoms with E-state index >= 15 is 0 Å². The molecule has 0 aromatic heterocycles. The fourth-order valence-electron chi connectivity index (χ4n) is 4.85. The normalized spacial score (nSPS) is 20.2. The number of piperidine rings is 1. The molecule has 0 saturated carbocycles. The summed E-state index contributed by atoms with van der Waals surface area (Å²) in [5.41, 5.74) is 6.30. The molecule has 2 N–H and O–H groups in total. The van der Waals surface area contributed by atoms with Crippen LogP contribution in [0.15, 0.2) is 66.7 Å². The molecule has 0 spiro atoms. The molecule has 0 bridgehead atoms. The van der Waals surface area contributed by atoms with Gasteiger partial charge in [-0.3, -0.25) is 0 Å². The molecule has 0 radical (unpaired) electrons. The van der Waals surface area contributed by atoms with Crippen molar-refractivity contribution in [3.05, 3.63) is 83.4 Å². The van der Waals surface area contributed by atoms with Crippen LogP contribution in [-0.2, 0) is 13.0 Å². The molecule has 5 rings (SSSR count). The zero-order valence-electron chi connectivity index (χ0n) is 18.1. The van der Waals surface area contributed by atoms with Crippen LogP contribution in [0.25, 0.3) is 11.1 Å². The molecule has 160 valence electrons. The molecule has 2 atom stereocenters. The molecule has 0 unspecified atom stereocenters. The summed E-state index contributed by atoms with van der Waals surface area (Å²) in [7, 11) is 1.71. The molecule has 1 saturated heterocycles. The number of rotatable bonds is 6. The Labute approximate surface area is 184 Å². The van der Waals surface area contributed by atoms with Crippen molar-refractivity contribution in [3.63, 3.8) is 0 Å². The zero-order chi connectivity index (χ0) is 21.0. The molecule has 4 heteroatoms. The van der Waals surface area contributed by atoms with E-state index in [1.54, 1.807) is 7.11 Å². The van der Waals surface area contributed by atoms with Crippen molar-refractivity contribution in [3.8, 4) is 22.6 Å². The zero-order valence-corrected chi connectivity index (χ0v) is 18.1. The van der Waals surface area contributed by atoms with E-state index in [1.165, 1.54) is 40.7 Å². The Morgan fingerprint density at radius 3 is 2.81 bits per heavy atom. The van der Waals surface area contributed by atoms with E-state index in [9.17, 15) is 0 Å². The van der Waals surface area contributed by atoms with Gasteiger partial charge < -0.3 is 20.1 Å². The number of hydrogen-bond donors (Lipinski definition) is 2. The molecule has 3 aromatic carbocycles. The van der Waals surface area contributed by atoms with Crippen LogP contribution < -0.4 is 20.1 Å². The van der Waals surface area contributed by atoms with Crippen LogP contribution >= 0.6 is 0 Å². The minimum absolute atomic E-state index is 0.338. The van der Waals surface area contributed by atoms with Gasteiger partial charge in [0.1, 0.15) is 11.5 Å². The molecule has 2 aliphatic rings. The summed E-state index contributed by atoms with van der Waals surface area (Å²) < 4.78 is 11.5. The van der Waals surface area contributed by atoms with E-state index in [0.717, 1.165) is 37.6 Å². The van der Waals surface area contributed by atoms with E-state index in [2.05, 4.69) is 65.2 Å².